The van der Waals surface area contributed by atoms with Crippen LogP contribution in [0.1, 0.15) is 30.9 Å². The van der Waals surface area contributed by atoms with Gasteiger partial charge in [0.2, 0.25) is 5.91 Å². The fourth-order valence-corrected chi connectivity index (χ4v) is 4.06. The monoisotopic (exact) mass is 478 g/mol. The minimum Gasteiger partial charge on any atom is -0.439 e. The lowest BCUT2D eigenvalue weighted by Crippen LogP contribution is -2.46. The predicted molar refractivity (Wildman–Crippen MR) is 127 cm³/mol. The molecule has 2 amide bonds. The van der Waals surface area contributed by atoms with Crippen LogP contribution in [0, 0.1) is 11.6 Å². The number of carbonyl (C=O) groups is 2. The number of cyclic esters (lactones) is 1. The molecule has 0 aromatic heterocycles. The molecule has 0 unspecified atom stereocenters. The van der Waals surface area contributed by atoms with E-state index in [1.807, 2.05) is 0 Å². The summed E-state index contributed by atoms with van der Waals surface area (Å²) < 4.78 is 32.7. The summed E-state index contributed by atoms with van der Waals surface area (Å²) in [4.78, 5) is 30.2. The van der Waals surface area contributed by atoms with Crippen LogP contribution in [0.5, 0.6) is 0 Å². The van der Waals surface area contributed by atoms with Crippen molar-refractivity contribution in [3.05, 3.63) is 118 Å². The van der Waals surface area contributed by atoms with Crippen LogP contribution in [0.3, 0.4) is 0 Å². The Labute approximate surface area is 201 Å². The number of halogens is 2. The fraction of sp³-hybridized carbons (Fsp3) is 0.231. The summed E-state index contributed by atoms with van der Waals surface area (Å²) in [6, 6.07) is 8.50. The number of hydrogen-bond acceptors (Lipinski definition) is 4. The van der Waals surface area contributed by atoms with E-state index in [0.29, 0.717) is 16.7 Å². The Bertz CT molecular complexity index is 1160. The first-order valence-corrected chi connectivity index (χ1v) is 10.8. The molecule has 2 aromatic rings. The van der Waals surface area contributed by atoms with Crippen molar-refractivity contribution in [1.29, 1.82) is 0 Å². The molecule has 0 bridgehead atoms. The molecular formula is C26H24F2N4O3. The molecule has 0 aliphatic carbocycles. The molecule has 1 fully saturated rings. The van der Waals surface area contributed by atoms with Crippen LogP contribution < -0.4 is 0 Å². The Morgan fingerprint density at radius 1 is 1.11 bits per heavy atom. The summed E-state index contributed by atoms with van der Waals surface area (Å²) in [5.74, 6) is -2.68. The van der Waals surface area contributed by atoms with E-state index >= 15 is 0 Å². The molecule has 2 aromatic carbocycles. The Kier molecular flexibility index (Phi) is 8.17. The molecule has 0 saturated carbocycles. The van der Waals surface area contributed by atoms with E-state index < -0.39 is 47.7 Å². The first-order valence-electron chi connectivity index (χ1n) is 10.8. The van der Waals surface area contributed by atoms with E-state index in [-0.39, 0.29) is 0 Å². The lowest BCUT2D eigenvalue weighted by Gasteiger charge is -2.28. The quantitative estimate of drug-likeness (QED) is 0.196. The highest BCUT2D eigenvalue weighted by Gasteiger charge is 2.47. The Hall–Kier alpha value is -4.23. The van der Waals surface area contributed by atoms with Gasteiger partial charge in [0.05, 0.1) is 6.04 Å². The lowest BCUT2D eigenvalue weighted by atomic mass is 9.84. The summed E-state index contributed by atoms with van der Waals surface area (Å²) in [6.45, 7) is 7.01. The largest absolute Gasteiger partial charge is 0.439 e. The number of amides is 2. The normalized spacial score (nSPS) is 18.9. The molecule has 0 N–H and O–H groups in total. The second-order valence-corrected chi connectivity index (χ2v) is 8.02. The average Bonchev–Trinajstić information content (AvgIpc) is 3.14. The van der Waals surface area contributed by atoms with Crippen molar-refractivity contribution in [2.24, 2.45) is 5.11 Å². The van der Waals surface area contributed by atoms with Crippen LogP contribution >= 0.6 is 0 Å². The highest BCUT2D eigenvalue weighted by molar-refractivity contribution is 5.97. The summed E-state index contributed by atoms with van der Waals surface area (Å²) in [6.07, 6.45) is 5.20. The second-order valence-electron chi connectivity index (χ2n) is 8.02. The standard InChI is InChI=1S/C26H24F2N4O3/c1-4-5-6-7-16(2)24-17(3)32(26(34)35-24)25(33)23(30-31-29)22(18-8-12-20(27)13-9-18)19-10-14-21(28)15-11-19/h4-15,17,22-24H,1H2,2-3H3/b6-5-,16-7+/t17-,23-,24+/m0/s1. The predicted octanol–water partition coefficient (Wildman–Crippen LogP) is 6.20. The number of benzene rings is 2. The molecule has 0 spiro atoms. The minimum atomic E-state index is -1.42. The van der Waals surface area contributed by atoms with E-state index in [4.69, 9.17) is 4.74 Å². The Morgan fingerprint density at radius 2 is 1.66 bits per heavy atom. The van der Waals surface area contributed by atoms with Gasteiger partial charge in [-0.05, 0) is 60.3 Å². The molecule has 1 aliphatic heterocycles. The maximum Gasteiger partial charge on any atom is 0.417 e. The molecule has 3 rings (SSSR count). The van der Waals surface area contributed by atoms with Gasteiger partial charge in [0.25, 0.3) is 0 Å². The third-order valence-corrected chi connectivity index (χ3v) is 5.77. The van der Waals surface area contributed by atoms with Crippen LogP contribution in [-0.2, 0) is 9.53 Å². The molecule has 1 saturated heterocycles. The van der Waals surface area contributed by atoms with Gasteiger partial charge >= 0.3 is 6.09 Å². The Balaban J connectivity index is 2.03. The van der Waals surface area contributed by atoms with Crippen LogP contribution in [0.15, 0.2) is 90.1 Å². The van der Waals surface area contributed by atoms with Gasteiger partial charge in [-0.3, -0.25) is 4.79 Å². The minimum absolute atomic E-state index is 0.450. The van der Waals surface area contributed by atoms with Crippen molar-refractivity contribution < 1.29 is 23.1 Å². The molecule has 1 aliphatic rings. The third-order valence-electron chi connectivity index (χ3n) is 5.77. The number of carbonyl (C=O) groups excluding carboxylic acids is 2. The van der Waals surface area contributed by atoms with E-state index in [2.05, 4.69) is 16.6 Å². The smallest absolute Gasteiger partial charge is 0.417 e. The van der Waals surface area contributed by atoms with Crippen LogP contribution in [0.2, 0.25) is 0 Å². The van der Waals surface area contributed by atoms with Gasteiger partial charge in [-0.1, -0.05) is 60.3 Å². The SMILES string of the molecule is C=C/C=C\C=C(/C)[C@H]1OC(=O)N(C(=O)[C@@H](N=[N+]=[N-])C(c2ccc(F)cc2)c2ccc(F)cc2)[C@H]1C. The number of ether oxygens (including phenoxy) is 1. The molecule has 1 heterocycles. The lowest BCUT2D eigenvalue weighted by molar-refractivity contribution is -0.130. The molecule has 3 atom stereocenters. The van der Waals surface area contributed by atoms with E-state index in [0.717, 1.165) is 4.90 Å². The van der Waals surface area contributed by atoms with E-state index in [1.165, 1.54) is 48.5 Å². The zero-order chi connectivity index (χ0) is 25.5. The summed E-state index contributed by atoms with van der Waals surface area (Å²) >= 11 is 0. The van der Waals surface area contributed by atoms with E-state index in [1.54, 1.807) is 38.2 Å². The molecule has 180 valence electrons. The number of imide groups is 1. The second kappa shape index (κ2) is 11.3. The van der Waals surface area contributed by atoms with Crippen molar-refractivity contribution in [3.63, 3.8) is 0 Å². The highest BCUT2D eigenvalue weighted by Crippen LogP contribution is 2.34. The van der Waals surface area contributed by atoms with Gasteiger partial charge in [-0.15, -0.1) is 0 Å². The fourth-order valence-electron chi connectivity index (χ4n) is 4.06. The van der Waals surface area contributed by atoms with Gasteiger partial charge in [0, 0.05) is 10.8 Å². The van der Waals surface area contributed by atoms with Crippen LogP contribution in [-0.4, -0.2) is 35.1 Å². The number of azide groups is 1. The highest BCUT2D eigenvalue weighted by atomic mass is 19.1. The van der Waals surface area contributed by atoms with Gasteiger partial charge in [0.1, 0.15) is 23.8 Å². The van der Waals surface area contributed by atoms with E-state index in [9.17, 15) is 23.9 Å². The van der Waals surface area contributed by atoms with Gasteiger partial charge in [0.15, 0.2) is 0 Å². The van der Waals surface area contributed by atoms with Crippen LogP contribution in [0.4, 0.5) is 13.6 Å². The summed E-state index contributed by atoms with van der Waals surface area (Å²) in [5.41, 5.74) is 10.9. The average molecular weight is 478 g/mol. The number of allylic oxidation sites excluding steroid dienone is 4. The van der Waals surface area contributed by atoms with Crippen LogP contribution in [0.25, 0.3) is 10.4 Å². The van der Waals surface area contributed by atoms with Crippen molar-refractivity contribution in [3.8, 4) is 0 Å². The van der Waals surface area contributed by atoms with Crippen molar-refractivity contribution in [2.45, 2.75) is 38.0 Å². The van der Waals surface area contributed by atoms with Crippen molar-refractivity contribution >= 4 is 12.0 Å². The zero-order valence-corrected chi connectivity index (χ0v) is 19.2. The zero-order valence-electron chi connectivity index (χ0n) is 19.2. The number of hydrogen-bond donors (Lipinski definition) is 0. The maximum atomic E-state index is 13.7. The number of nitrogens with zero attached hydrogens (tertiary/aromatic N) is 4. The summed E-state index contributed by atoms with van der Waals surface area (Å²) in [5, 5.41) is 3.72. The van der Waals surface area contributed by atoms with Crippen molar-refractivity contribution in [1.82, 2.24) is 4.90 Å². The topological polar surface area (TPSA) is 95.4 Å². The van der Waals surface area contributed by atoms with Gasteiger partial charge < -0.3 is 4.74 Å². The first-order chi connectivity index (χ1) is 16.8. The third kappa shape index (κ3) is 5.65. The first kappa shape index (κ1) is 25.4. The van der Waals surface area contributed by atoms with Gasteiger partial charge in [-0.25, -0.2) is 18.5 Å². The molecule has 0 radical (unpaired) electrons. The van der Waals surface area contributed by atoms with Gasteiger partial charge in [-0.2, -0.15) is 0 Å². The molecule has 9 heteroatoms. The molecular weight excluding hydrogens is 454 g/mol. The maximum absolute atomic E-state index is 13.7. The van der Waals surface area contributed by atoms with Crippen molar-refractivity contribution in [2.75, 3.05) is 0 Å². The Morgan fingerprint density at radius 3 is 2.14 bits per heavy atom. The molecule has 35 heavy (non-hydrogen) atoms. The number of rotatable bonds is 8. The summed E-state index contributed by atoms with van der Waals surface area (Å²) in [7, 11) is 0. The molecule has 7 nitrogen and oxygen atoms in total.